The summed E-state index contributed by atoms with van der Waals surface area (Å²) in [5.74, 6) is -0.283. The van der Waals surface area contributed by atoms with Crippen LogP contribution < -0.4 is 5.32 Å². The lowest BCUT2D eigenvalue weighted by molar-refractivity contribution is -0.132. The molecule has 0 bridgehead atoms. The highest BCUT2D eigenvalue weighted by atomic mass is 16.2. The normalized spacial score (nSPS) is 10.3. The van der Waals surface area contributed by atoms with Crippen molar-refractivity contribution in [1.82, 2.24) is 15.2 Å². The molecule has 104 valence electrons. The SMILES string of the molecule is CC(C)C(=O)NCC(=O)N(C)CCc1ccncc1. The Labute approximate surface area is 114 Å². The van der Waals surface area contributed by atoms with E-state index in [1.54, 1.807) is 38.2 Å². The number of likely N-dealkylation sites (N-methyl/N-ethyl adjacent to an activating group) is 1. The number of aromatic nitrogens is 1. The smallest absolute Gasteiger partial charge is 0.241 e. The van der Waals surface area contributed by atoms with Crippen molar-refractivity contribution in [3.63, 3.8) is 0 Å². The average molecular weight is 263 g/mol. The lowest BCUT2D eigenvalue weighted by Crippen LogP contribution is -2.40. The number of hydrogen-bond acceptors (Lipinski definition) is 3. The molecule has 1 heterocycles. The Morgan fingerprint density at radius 1 is 1.32 bits per heavy atom. The zero-order valence-electron chi connectivity index (χ0n) is 11.7. The van der Waals surface area contributed by atoms with Gasteiger partial charge in [-0.15, -0.1) is 0 Å². The summed E-state index contributed by atoms with van der Waals surface area (Å²) < 4.78 is 0. The van der Waals surface area contributed by atoms with Gasteiger partial charge >= 0.3 is 0 Å². The van der Waals surface area contributed by atoms with E-state index < -0.39 is 0 Å². The predicted octanol–water partition coefficient (Wildman–Crippen LogP) is 0.855. The van der Waals surface area contributed by atoms with Crippen LogP contribution in [-0.4, -0.2) is 41.8 Å². The molecular formula is C14H21N3O2. The minimum absolute atomic E-state index is 0.0594. The van der Waals surface area contributed by atoms with Crippen molar-refractivity contribution < 1.29 is 9.59 Å². The number of carbonyl (C=O) groups is 2. The van der Waals surface area contributed by atoms with Gasteiger partial charge in [0.15, 0.2) is 0 Å². The summed E-state index contributed by atoms with van der Waals surface area (Å²) in [5.41, 5.74) is 1.14. The van der Waals surface area contributed by atoms with E-state index in [2.05, 4.69) is 10.3 Å². The molecule has 5 heteroatoms. The number of carbonyl (C=O) groups excluding carboxylic acids is 2. The molecule has 1 aromatic heterocycles. The second-order valence-corrected chi connectivity index (χ2v) is 4.79. The van der Waals surface area contributed by atoms with Gasteiger partial charge in [-0.3, -0.25) is 14.6 Å². The molecule has 0 spiro atoms. The van der Waals surface area contributed by atoms with Crippen molar-refractivity contribution in [1.29, 1.82) is 0 Å². The molecule has 0 fully saturated rings. The summed E-state index contributed by atoms with van der Waals surface area (Å²) in [6.45, 7) is 4.28. The Bertz CT molecular complexity index is 418. The molecule has 0 aromatic carbocycles. The summed E-state index contributed by atoms with van der Waals surface area (Å²) >= 11 is 0. The first-order chi connectivity index (χ1) is 9.00. The summed E-state index contributed by atoms with van der Waals surface area (Å²) in [5, 5.41) is 2.62. The van der Waals surface area contributed by atoms with E-state index in [0.29, 0.717) is 6.54 Å². The van der Waals surface area contributed by atoms with Crippen LogP contribution in [0.15, 0.2) is 24.5 Å². The van der Waals surface area contributed by atoms with Gasteiger partial charge in [-0.1, -0.05) is 13.8 Å². The molecule has 0 radical (unpaired) electrons. The number of nitrogens with one attached hydrogen (secondary N) is 1. The molecule has 1 aromatic rings. The van der Waals surface area contributed by atoms with E-state index >= 15 is 0 Å². The number of rotatable bonds is 6. The third-order valence-electron chi connectivity index (χ3n) is 2.85. The molecule has 0 saturated carbocycles. The van der Waals surface area contributed by atoms with Gasteiger partial charge in [-0.2, -0.15) is 0 Å². The zero-order valence-corrected chi connectivity index (χ0v) is 11.7. The molecular weight excluding hydrogens is 242 g/mol. The maximum absolute atomic E-state index is 11.8. The van der Waals surface area contributed by atoms with E-state index in [0.717, 1.165) is 12.0 Å². The third kappa shape index (κ3) is 5.50. The van der Waals surface area contributed by atoms with E-state index in [9.17, 15) is 9.59 Å². The second-order valence-electron chi connectivity index (χ2n) is 4.79. The van der Waals surface area contributed by atoms with Crippen molar-refractivity contribution in [3.05, 3.63) is 30.1 Å². The first-order valence-corrected chi connectivity index (χ1v) is 6.41. The maximum atomic E-state index is 11.8. The van der Waals surface area contributed by atoms with E-state index in [1.807, 2.05) is 12.1 Å². The summed E-state index contributed by atoms with van der Waals surface area (Å²) in [6.07, 6.45) is 4.25. The van der Waals surface area contributed by atoms with Crippen LogP contribution in [0.4, 0.5) is 0 Å². The first-order valence-electron chi connectivity index (χ1n) is 6.41. The monoisotopic (exact) mass is 263 g/mol. The molecule has 1 N–H and O–H groups in total. The Hall–Kier alpha value is -1.91. The highest BCUT2D eigenvalue weighted by Gasteiger charge is 2.12. The topological polar surface area (TPSA) is 62.3 Å². The van der Waals surface area contributed by atoms with E-state index in [-0.39, 0.29) is 24.3 Å². The van der Waals surface area contributed by atoms with Crippen LogP contribution in [0.25, 0.3) is 0 Å². The molecule has 2 amide bonds. The summed E-state index contributed by atoms with van der Waals surface area (Å²) in [7, 11) is 1.74. The van der Waals surface area contributed by atoms with Gasteiger partial charge in [-0.05, 0) is 24.1 Å². The zero-order chi connectivity index (χ0) is 14.3. The predicted molar refractivity (Wildman–Crippen MR) is 73.4 cm³/mol. The number of pyridine rings is 1. The maximum Gasteiger partial charge on any atom is 0.241 e. The number of amides is 2. The highest BCUT2D eigenvalue weighted by molar-refractivity contribution is 5.85. The Kier molecular flexibility index (Phi) is 5.99. The lowest BCUT2D eigenvalue weighted by atomic mass is 10.2. The van der Waals surface area contributed by atoms with Crippen LogP contribution in [0.1, 0.15) is 19.4 Å². The van der Waals surface area contributed by atoms with Gasteiger partial charge in [0.1, 0.15) is 0 Å². The number of nitrogens with zero attached hydrogens (tertiary/aromatic N) is 2. The van der Waals surface area contributed by atoms with Gasteiger partial charge < -0.3 is 10.2 Å². The Morgan fingerprint density at radius 3 is 2.53 bits per heavy atom. The van der Waals surface area contributed by atoms with Gasteiger partial charge in [0.05, 0.1) is 6.54 Å². The highest BCUT2D eigenvalue weighted by Crippen LogP contribution is 1.99. The van der Waals surface area contributed by atoms with Crippen LogP contribution >= 0.6 is 0 Å². The third-order valence-corrected chi connectivity index (χ3v) is 2.85. The van der Waals surface area contributed by atoms with Crippen molar-refractivity contribution in [3.8, 4) is 0 Å². The van der Waals surface area contributed by atoms with Crippen molar-refractivity contribution in [2.75, 3.05) is 20.1 Å². The van der Waals surface area contributed by atoms with Crippen LogP contribution in [-0.2, 0) is 16.0 Å². The molecule has 1 rings (SSSR count). The van der Waals surface area contributed by atoms with Crippen LogP contribution in [0, 0.1) is 5.92 Å². The number of hydrogen-bond donors (Lipinski definition) is 1. The standard InChI is InChI=1S/C14H21N3O2/c1-11(2)14(19)16-10-13(18)17(3)9-6-12-4-7-15-8-5-12/h4-5,7-8,11H,6,9-10H2,1-3H3,(H,16,19). The second kappa shape index (κ2) is 7.51. The van der Waals surface area contributed by atoms with Gasteiger partial charge in [-0.25, -0.2) is 0 Å². The van der Waals surface area contributed by atoms with Gasteiger partial charge in [0, 0.05) is 31.9 Å². The van der Waals surface area contributed by atoms with Crippen molar-refractivity contribution in [2.24, 2.45) is 5.92 Å². The summed E-state index contributed by atoms with van der Waals surface area (Å²) in [6, 6.07) is 3.86. The minimum atomic E-state index is -0.102. The van der Waals surface area contributed by atoms with Crippen molar-refractivity contribution in [2.45, 2.75) is 20.3 Å². The van der Waals surface area contributed by atoms with E-state index in [1.165, 1.54) is 0 Å². The van der Waals surface area contributed by atoms with Crippen LogP contribution in [0.3, 0.4) is 0 Å². The fourth-order valence-corrected chi connectivity index (χ4v) is 1.47. The molecule has 0 aliphatic heterocycles. The molecule has 5 nitrogen and oxygen atoms in total. The largest absolute Gasteiger partial charge is 0.347 e. The Morgan fingerprint density at radius 2 is 1.95 bits per heavy atom. The fraction of sp³-hybridized carbons (Fsp3) is 0.500. The van der Waals surface area contributed by atoms with Gasteiger partial charge in [0.2, 0.25) is 11.8 Å². The molecule has 0 unspecified atom stereocenters. The molecule has 0 aliphatic rings. The van der Waals surface area contributed by atoms with Crippen molar-refractivity contribution >= 4 is 11.8 Å². The van der Waals surface area contributed by atoms with Gasteiger partial charge in [0.25, 0.3) is 0 Å². The summed E-state index contributed by atoms with van der Waals surface area (Å²) in [4.78, 5) is 28.7. The fourth-order valence-electron chi connectivity index (χ4n) is 1.47. The first kappa shape index (κ1) is 15.1. The molecule has 0 saturated heterocycles. The molecule has 19 heavy (non-hydrogen) atoms. The van der Waals surface area contributed by atoms with Crippen LogP contribution in [0.2, 0.25) is 0 Å². The minimum Gasteiger partial charge on any atom is -0.347 e. The molecule has 0 atom stereocenters. The Balaban J connectivity index is 2.31. The van der Waals surface area contributed by atoms with Crippen LogP contribution in [0.5, 0.6) is 0 Å². The van der Waals surface area contributed by atoms with E-state index in [4.69, 9.17) is 0 Å². The quantitative estimate of drug-likeness (QED) is 0.828. The molecule has 0 aliphatic carbocycles. The lowest BCUT2D eigenvalue weighted by Gasteiger charge is -2.17. The average Bonchev–Trinajstić information content (AvgIpc) is 2.42.